The minimum absolute atomic E-state index is 0.0959. The summed E-state index contributed by atoms with van der Waals surface area (Å²) in [6.07, 6.45) is 11.0. The maximum atomic E-state index is 10.9. The Bertz CT molecular complexity index is 243. The standard InChI is InChI=1S/C10H13NO/c1-3-6-10(12)8-5-7-9(11)4-2/h2,5,7-8H,3,6,11H2,1H3/b8-5+,9-7+. The Morgan fingerprint density at radius 3 is 2.83 bits per heavy atom. The van der Waals surface area contributed by atoms with Crippen LogP contribution in [0.4, 0.5) is 0 Å². The predicted octanol–water partition coefficient (Wildman–Crippen LogP) is 1.39. The van der Waals surface area contributed by atoms with Gasteiger partial charge in [-0.05, 0) is 18.6 Å². The molecular formula is C10H13NO. The summed E-state index contributed by atoms with van der Waals surface area (Å²) in [6, 6.07) is 0. The van der Waals surface area contributed by atoms with Gasteiger partial charge in [0.1, 0.15) is 0 Å². The van der Waals surface area contributed by atoms with Crippen molar-refractivity contribution in [2.75, 3.05) is 0 Å². The average molecular weight is 163 g/mol. The lowest BCUT2D eigenvalue weighted by molar-refractivity contribution is -0.114. The van der Waals surface area contributed by atoms with Crippen LogP contribution in [-0.2, 0) is 4.79 Å². The van der Waals surface area contributed by atoms with Gasteiger partial charge in [-0.25, -0.2) is 0 Å². The molecule has 0 fully saturated rings. The SMILES string of the molecule is C#C/C(N)=C\C=C\C(=O)CCC. The third-order valence-electron chi connectivity index (χ3n) is 1.22. The van der Waals surface area contributed by atoms with Crippen LogP contribution in [0.5, 0.6) is 0 Å². The first-order valence-corrected chi connectivity index (χ1v) is 3.84. The fraction of sp³-hybridized carbons (Fsp3) is 0.300. The van der Waals surface area contributed by atoms with Crippen LogP contribution < -0.4 is 5.73 Å². The van der Waals surface area contributed by atoms with E-state index in [0.717, 1.165) is 6.42 Å². The van der Waals surface area contributed by atoms with E-state index in [1.165, 1.54) is 12.2 Å². The van der Waals surface area contributed by atoms with Crippen LogP contribution in [0.2, 0.25) is 0 Å². The number of hydrogen-bond donors (Lipinski definition) is 1. The molecule has 12 heavy (non-hydrogen) atoms. The molecule has 0 radical (unpaired) electrons. The van der Waals surface area contributed by atoms with Crippen molar-refractivity contribution in [2.45, 2.75) is 19.8 Å². The molecule has 2 N–H and O–H groups in total. The second-order valence-electron chi connectivity index (χ2n) is 2.34. The summed E-state index contributed by atoms with van der Waals surface area (Å²) in [6.45, 7) is 1.96. The van der Waals surface area contributed by atoms with Gasteiger partial charge < -0.3 is 5.73 Å². The molecule has 0 aliphatic heterocycles. The quantitative estimate of drug-likeness (QED) is 0.386. The maximum absolute atomic E-state index is 10.9. The normalized spacial score (nSPS) is 11.5. The van der Waals surface area contributed by atoms with E-state index in [1.807, 2.05) is 6.92 Å². The highest BCUT2D eigenvalue weighted by Crippen LogP contribution is 1.91. The predicted molar refractivity (Wildman–Crippen MR) is 50.2 cm³/mol. The van der Waals surface area contributed by atoms with Crippen molar-refractivity contribution in [3.63, 3.8) is 0 Å². The molecule has 0 atom stereocenters. The number of allylic oxidation sites excluding steroid dienone is 4. The van der Waals surface area contributed by atoms with Gasteiger partial charge in [0.25, 0.3) is 0 Å². The Hall–Kier alpha value is -1.49. The van der Waals surface area contributed by atoms with Gasteiger partial charge in [0.05, 0.1) is 5.70 Å². The topological polar surface area (TPSA) is 43.1 Å². The minimum Gasteiger partial charge on any atom is -0.392 e. The summed E-state index contributed by atoms with van der Waals surface area (Å²) in [5.41, 5.74) is 5.62. The monoisotopic (exact) mass is 163 g/mol. The molecule has 0 aliphatic carbocycles. The third kappa shape index (κ3) is 5.31. The molecule has 0 aromatic rings. The van der Waals surface area contributed by atoms with Crippen molar-refractivity contribution in [1.29, 1.82) is 0 Å². The number of carbonyl (C=O) groups excluding carboxylic acids is 1. The van der Waals surface area contributed by atoms with Crippen LogP contribution >= 0.6 is 0 Å². The van der Waals surface area contributed by atoms with Crippen molar-refractivity contribution < 1.29 is 4.79 Å². The van der Waals surface area contributed by atoms with Crippen molar-refractivity contribution in [3.05, 3.63) is 23.9 Å². The van der Waals surface area contributed by atoms with E-state index >= 15 is 0 Å². The maximum Gasteiger partial charge on any atom is 0.155 e. The highest BCUT2D eigenvalue weighted by molar-refractivity contribution is 5.89. The highest BCUT2D eigenvalue weighted by atomic mass is 16.1. The van der Waals surface area contributed by atoms with Crippen molar-refractivity contribution in [2.24, 2.45) is 5.73 Å². The van der Waals surface area contributed by atoms with Gasteiger partial charge in [-0.1, -0.05) is 18.9 Å². The molecule has 0 bridgehead atoms. The largest absolute Gasteiger partial charge is 0.392 e. The molecule has 0 saturated heterocycles. The second kappa shape index (κ2) is 6.23. The molecule has 0 unspecified atom stereocenters. The van der Waals surface area contributed by atoms with E-state index in [2.05, 4.69) is 5.92 Å². The molecule has 0 aromatic carbocycles. The summed E-state index contributed by atoms with van der Waals surface area (Å²) in [4.78, 5) is 10.9. The zero-order valence-electron chi connectivity index (χ0n) is 7.21. The zero-order valence-corrected chi connectivity index (χ0v) is 7.21. The molecule has 64 valence electrons. The summed E-state index contributed by atoms with van der Waals surface area (Å²) in [5, 5.41) is 0. The Labute approximate surface area is 73.1 Å². The van der Waals surface area contributed by atoms with Crippen LogP contribution in [0.1, 0.15) is 19.8 Å². The molecule has 0 heterocycles. The number of nitrogens with two attached hydrogens (primary N) is 1. The first-order valence-electron chi connectivity index (χ1n) is 3.84. The molecule has 0 saturated carbocycles. The van der Waals surface area contributed by atoms with E-state index in [0.29, 0.717) is 12.1 Å². The van der Waals surface area contributed by atoms with Gasteiger partial charge in [0.2, 0.25) is 0 Å². The molecule has 0 aromatic heterocycles. The second-order valence-corrected chi connectivity index (χ2v) is 2.34. The summed E-state index contributed by atoms with van der Waals surface area (Å²) >= 11 is 0. The third-order valence-corrected chi connectivity index (χ3v) is 1.22. The molecule has 0 spiro atoms. The minimum atomic E-state index is 0.0959. The van der Waals surface area contributed by atoms with E-state index < -0.39 is 0 Å². The Balaban J connectivity index is 3.93. The van der Waals surface area contributed by atoms with Gasteiger partial charge in [-0.3, -0.25) is 4.79 Å². The molecule has 0 amide bonds. The first-order chi connectivity index (χ1) is 5.70. The number of rotatable bonds is 4. The summed E-state index contributed by atoms with van der Waals surface area (Å²) in [5.74, 6) is 2.34. The lowest BCUT2D eigenvalue weighted by Crippen LogP contribution is -1.92. The van der Waals surface area contributed by atoms with E-state index in [1.54, 1.807) is 6.08 Å². The summed E-state index contributed by atoms with van der Waals surface area (Å²) < 4.78 is 0. The first kappa shape index (κ1) is 10.5. The lowest BCUT2D eigenvalue weighted by atomic mass is 10.2. The Morgan fingerprint density at radius 2 is 2.33 bits per heavy atom. The fourth-order valence-corrected chi connectivity index (χ4v) is 0.637. The molecular weight excluding hydrogens is 150 g/mol. The fourth-order valence-electron chi connectivity index (χ4n) is 0.637. The molecule has 2 heteroatoms. The van der Waals surface area contributed by atoms with E-state index in [-0.39, 0.29) is 5.78 Å². The van der Waals surface area contributed by atoms with Crippen molar-refractivity contribution in [3.8, 4) is 12.3 Å². The number of hydrogen-bond acceptors (Lipinski definition) is 2. The smallest absolute Gasteiger partial charge is 0.155 e. The number of terminal acetylenes is 1. The van der Waals surface area contributed by atoms with E-state index in [9.17, 15) is 4.79 Å². The van der Waals surface area contributed by atoms with Crippen molar-refractivity contribution in [1.82, 2.24) is 0 Å². The van der Waals surface area contributed by atoms with Crippen molar-refractivity contribution >= 4 is 5.78 Å². The Kier molecular flexibility index (Phi) is 5.46. The zero-order chi connectivity index (χ0) is 9.40. The van der Waals surface area contributed by atoms with Crippen LogP contribution in [-0.4, -0.2) is 5.78 Å². The van der Waals surface area contributed by atoms with Gasteiger partial charge in [-0.15, -0.1) is 6.42 Å². The highest BCUT2D eigenvalue weighted by Gasteiger charge is 1.90. The van der Waals surface area contributed by atoms with E-state index in [4.69, 9.17) is 12.2 Å². The average Bonchev–Trinajstić information content (AvgIpc) is 2.04. The molecule has 2 nitrogen and oxygen atoms in total. The van der Waals surface area contributed by atoms with Crippen LogP contribution in [0.15, 0.2) is 23.9 Å². The number of carbonyl (C=O) groups is 1. The summed E-state index contributed by atoms with van der Waals surface area (Å²) in [7, 11) is 0. The number of ketones is 1. The van der Waals surface area contributed by atoms with Gasteiger partial charge in [0, 0.05) is 6.42 Å². The van der Waals surface area contributed by atoms with Crippen LogP contribution in [0.3, 0.4) is 0 Å². The van der Waals surface area contributed by atoms with Crippen LogP contribution in [0.25, 0.3) is 0 Å². The lowest BCUT2D eigenvalue weighted by Gasteiger charge is -1.87. The molecule has 0 aliphatic rings. The van der Waals surface area contributed by atoms with Gasteiger partial charge >= 0.3 is 0 Å². The Morgan fingerprint density at radius 1 is 1.67 bits per heavy atom. The van der Waals surface area contributed by atoms with Crippen LogP contribution in [0, 0.1) is 12.3 Å². The molecule has 0 rings (SSSR count). The van der Waals surface area contributed by atoms with Gasteiger partial charge in [0.15, 0.2) is 5.78 Å². The van der Waals surface area contributed by atoms with Gasteiger partial charge in [-0.2, -0.15) is 0 Å².